The van der Waals surface area contributed by atoms with Crippen LogP contribution in [0.3, 0.4) is 0 Å². The summed E-state index contributed by atoms with van der Waals surface area (Å²) in [7, 11) is 2.85. The number of aliphatic hydroxyl groups excluding tert-OH is 4. The average molecular weight is 597 g/mol. The number of aromatic hydroxyl groups is 2. The van der Waals surface area contributed by atoms with E-state index in [2.05, 4.69) is 0 Å². The third kappa shape index (κ3) is 6.10. The van der Waals surface area contributed by atoms with Crippen LogP contribution in [0.5, 0.6) is 34.5 Å². The van der Waals surface area contributed by atoms with Crippen LogP contribution < -0.4 is 18.9 Å². The summed E-state index contributed by atoms with van der Waals surface area (Å²) in [5.41, 5.74) is 2.62. The van der Waals surface area contributed by atoms with E-state index in [-0.39, 0.29) is 40.9 Å². The van der Waals surface area contributed by atoms with Crippen molar-refractivity contribution in [3.8, 4) is 34.5 Å². The van der Waals surface area contributed by atoms with E-state index in [1.807, 2.05) is 0 Å². The Balaban J connectivity index is 1.45. The molecule has 12 nitrogen and oxygen atoms in total. The fraction of sp³-hybridized carbons (Fsp3) is 0.323. The summed E-state index contributed by atoms with van der Waals surface area (Å²) in [6.45, 7) is -0.592. The van der Waals surface area contributed by atoms with Gasteiger partial charge in [0.25, 0.3) is 0 Å². The van der Waals surface area contributed by atoms with Crippen molar-refractivity contribution in [2.75, 3.05) is 20.8 Å². The summed E-state index contributed by atoms with van der Waals surface area (Å²) in [4.78, 5) is 12.5. The predicted octanol–water partition coefficient (Wildman–Crippen LogP) is 1.91. The lowest BCUT2D eigenvalue weighted by atomic mass is 9.83. The third-order valence-corrected chi connectivity index (χ3v) is 7.44. The summed E-state index contributed by atoms with van der Waals surface area (Å²) in [5.74, 6) is -0.146. The molecule has 1 saturated heterocycles. The minimum absolute atomic E-state index is 0.0321. The van der Waals surface area contributed by atoms with Crippen molar-refractivity contribution in [1.82, 2.24) is 0 Å². The van der Waals surface area contributed by atoms with Crippen molar-refractivity contribution in [1.29, 1.82) is 0 Å². The molecule has 0 saturated carbocycles. The molecule has 6 atom stereocenters. The van der Waals surface area contributed by atoms with Gasteiger partial charge in [0, 0.05) is 17.5 Å². The molecule has 5 rings (SSSR count). The molecule has 3 aromatic carbocycles. The zero-order chi connectivity index (χ0) is 30.8. The van der Waals surface area contributed by atoms with E-state index in [1.54, 1.807) is 48.6 Å². The predicted molar refractivity (Wildman–Crippen MR) is 151 cm³/mol. The van der Waals surface area contributed by atoms with Gasteiger partial charge in [-0.1, -0.05) is 24.3 Å². The lowest BCUT2D eigenvalue weighted by Gasteiger charge is -2.39. The molecule has 43 heavy (non-hydrogen) atoms. The highest BCUT2D eigenvalue weighted by Crippen LogP contribution is 2.45. The van der Waals surface area contributed by atoms with E-state index >= 15 is 0 Å². The molecule has 0 aliphatic carbocycles. The molecule has 0 bridgehead atoms. The monoisotopic (exact) mass is 596 g/mol. The zero-order valence-electron chi connectivity index (χ0n) is 23.3. The van der Waals surface area contributed by atoms with Crippen LogP contribution in [0.2, 0.25) is 0 Å². The van der Waals surface area contributed by atoms with Crippen molar-refractivity contribution < 1.29 is 59.1 Å². The molecule has 12 heteroatoms. The second-order valence-corrected chi connectivity index (χ2v) is 10.2. The van der Waals surface area contributed by atoms with E-state index in [1.165, 1.54) is 26.4 Å². The number of phenolic OH excluding ortho intramolecular Hbond substituents is 2. The van der Waals surface area contributed by atoms with Crippen LogP contribution in [-0.4, -0.2) is 88.1 Å². The molecule has 0 spiro atoms. The number of carbonyl (C=O) groups is 1. The van der Waals surface area contributed by atoms with Gasteiger partial charge in [-0.3, -0.25) is 4.79 Å². The molecule has 2 aliphatic rings. The molecule has 0 unspecified atom stereocenters. The first-order valence-electron chi connectivity index (χ1n) is 13.4. The summed E-state index contributed by atoms with van der Waals surface area (Å²) in [6, 6.07) is 12.7. The van der Waals surface area contributed by atoms with Crippen LogP contribution in [-0.2, 0) is 9.53 Å². The lowest BCUT2D eigenvalue weighted by Crippen LogP contribution is -2.60. The standard InChI is InChI=1S/C31H32O12/c1-39-22-11-16(6-7-20(22)34)19-13-26(35)41-24-12-18(33)10-17(27(19)24)5-3-15-4-8-21(23(9-15)40-2)42-31-30(38)29(37)28(36)25(14-32)43-31/h3-12,19,25,28-34,36-38H,13-14H2,1-2H3/b5-3+/t19-,25+,28-,29+,30+,31-/m0/s1. The normalized spacial score (nSPS) is 25.2. The van der Waals surface area contributed by atoms with Gasteiger partial charge in [-0.05, 0) is 47.0 Å². The van der Waals surface area contributed by atoms with Crippen LogP contribution in [0.4, 0.5) is 0 Å². The van der Waals surface area contributed by atoms with Gasteiger partial charge in [0.1, 0.15) is 35.9 Å². The van der Waals surface area contributed by atoms with Crippen molar-refractivity contribution in [3.63, 3.8) is 0 Å². The van der Waals surface area contributed by atoms with Crippen LogP contribution in [0.25, 0.3) is 12.2 Å². The Bertz CT molecular complexity index is 1520. The molecule has 0 radical (unpaired) electrons. The maximum atomic E-state index is 12.5. The van der Waals surface area contributed by atoms with Crippen LogP contribution in [0.1, 0.15) is 34.6 Å². The molecule has 6 N–H and O–H groups in total. The highest BCUT2D eigenvalue weighted by Gasteiger charge is 2.45. The lowest BCUT2D eigenvalue weighted by molar-refractivity contribution is -0.277. The number of phenols is 2. The van der Waals surface area contributed by atoms with Crippen LogP contribution in [0.15, 0.2) is 48.5 Å². The molecule has 1 fully saturated rings. The Morgan fingerprint density at radius 3 is 2.37 bits per heavy atom. The molecular formula is C31H32O12. The van der Waals surface area contributed by atoms with Crippen molar-refractivity contribution in [2.45, 2.75) is 43.0 Å². The largest absolute Gasteiger partial charge is 0.508 e. The Labute approximate surface area is 246 Å². The smallest absolute Gasteiger partial charge is 0.312 e. The quantitative estimate of drug-likeness (QED) is 0.126. The van der Waals surface area contributed by atoms with Crippen LogP contribution >= 0.6 is 0 Å². The molecule has 0 aromatic heterocycles. The van der Waals surface area contributed by atoms with E-state index in [4.69, 9.17) is 23.7 Å². The molecule has 228 valence electrons. The first-order chi connectivity index (χ1) is 20.6. The minimum Gasteiger partial charge on any atom is -0.508 e. The Kier molecular flexibility index (Phi) is 8.76. The Hall–Kier alpha value is -4.33. The third-order valence-electron chi connectivity index (χ3n) is 7.44. The van der Waals surface area contributed by atoms with Crippen LogP contribution in [0, 0.1) is 0 Å². The zero-order valence-corrected chi connectivity index (χ0v) is 23.3. The topological polar surface area (TPSA) is 185 Å². The van der Waals surface area contributed by atoms with E-state index < -0.39 is 49.2 Å². The average Bonchev–Trinajstić information content (AvgIpc) is 3.00. The molecule has 2 heterocycles. The fourth-order valence-corrected chi connectivity index (χ4v) is 5.22. The van der Waals surface area contributed by atoms with E-state index in [0.717, 1.165) is 0 Å². The maximum Gasteiger partial charge on any atom is 0.312 e. The molecule has 2 aliphatic heterocycles. The first-order valence-corrected chi connectivity index (χ1v) is 13.4. The summed E-state index contributed by atoms with van der Waals surface area (Å²) >= 11 is 0. The van der Waals surface area contributed by atoms with Gasteiger partial charge >= 0.3 is 5.97 Å². The van der Waals surface area contributed by atoms with Gasteiger partial charge in [-0.2, -0.15) is 0 Å². The van der Waals surface area contributed by atoms with E-state index in [9.17, 15) is 35.4 Å². The minimum atomic E-state index is -1.59. The number of hydrogen-bond donors (Lipinski definition) is 6. The number of rotatable bonds is 8. The SMILES string of the molecule is COc1cc([C@@H]2CC(=O)Oc3cc(O)cc(/C=C/c4ccc(O[C@H]5O[C@H](CO)[C@H](O)[C@@H](O)[C@H]5O)c(OC)c4)c32)ccc1O. The number of fused-ring (bicyclic) bond motifs is 1. The van der Waals surface area contributed by atoms with Gasteiger partial charge in [-0.25, -0.2) is 0 Å². The summed E-state index contributed by atoms with van der Waals surface area (Å²) < 4.78 is 27.3. The number of ether oxygens (including phenoxy) is 5. The second-order valence-electron chi connectivity index (χ2n) is 10.2. The highest BCUT2D eigenvalue weighted by molar-refractivity contribution is 5.82. The fourth-order valence-electron chi connectivity index (χ4n) is 5.22. The van der Waals surface area contributed by atoms with Gasteiger partial charge in [-0.15, -0.1) is 0 Å². The number of hydrogen-bond acceptors (Lipinski definition) is 12. The van der Waals surface area contributed by atoms with Crippen molar-refractivity contribution in [3.05, 3.63) is 70.8 Å². The number of benzene rings is 3. The number of esters is 1. The molecule has 3 aromatic rings. The Morgan fingerprint density at radius 2 is 1.65 bits per heavy atom. The van der Waals surface area contributed by atoms with Gasteiger partial charge in [0.05, 0.1) is 27.2 Å². The second kappa shape index (κ2) is 12.5. The first kappa shape index (κ1) is 30.1. The van der Waals surface area contributed by atoms with Gasteiger partial charge in [0.2, 0.25) is 6.29 Å². The summed E-state index contributed by atoms with van der Waals surface area (Å²) in [5, 5.41) is 60.3. The van der Waals surface area contributed by atoms with Crippen molar-refractivity contribution in [2.24, 2.45) is 0 Å². The number of carbonyl (C=O) groups excluding carboxylic acids is 1. The van der Waals surface area contributed by atoms with Gasteiger partial charge < -0.3 is 54.3 Å². The van der Waals surface area contributed by atoms with Crippen molar-refractivity contribution >= 4 is 18.1 Å². The summed E-state index contributed by atoms with van der Waals surface area (Å²) in [6.07, 6.45) is -3.69. The van der Waals surface area contributed by atoms with Gasteiger partial charge in [0.15, 0.2) is 23.0 Å². The molecular weight excluding hydrogens is 564 g/mol. The van der Waals surface area contributed by atoms with E-state index in [0.29, 0.717) is 22.3 Å². The number of methoxy groups -OCH3 is 2. The molecule has 0 amide bonds. The maximum absolute atomic E-state index is 12.5. The highest BCUT2D eigenvalue weighted by atomic mass is 16.7. The number of aliphatic hydroxyl groups is 4. The Morgan fingerprint density at radius 1 is 0.884 bits per heavy atom.